The number of thioether (sulfide) groups is 1. The van der Waals surface area contributed by atoms with Crippen molar-refractivity contribution in [2.24, 2.45) is 5.92 Å². The van der Waals surface area contributed by atoms with Crippen molar-refractivity contribution >= 4 is 17.7 Å². The van der Waals surface area contributed by atoms with Crippen LogP contribution in [-0.2, 0) is 4.79 Å². The molecule has 1 fully saturated rings. The molecule has 0 spiro atoms. The number of hydrogen-bond acceptors (Lipinski definition) is 3. The van der Waals surface area contributed by atoms with E-state index in [2.05, 4.69) is 30.7 Å². The zero-order valence-corrected chi connectivity index (χ0v) is 12.2. The highest BCUT2D eigenvalue weighted by Gasteiger charge is 2.35. The molecule has 0 bridgehead atoms. The van der Waals surface area contributed by atoms with Crippen molar-refractivity contribution in [2.45, 2.75) is 44.3 Å². The largest absolute Gasteiger partial charge is 0.355 e. The van der Waals surface area contributed by atoms with Crippen LogP contribution in [0.3, 0.4) is 0 Å². The lowest BCUT2D eigenvalue weighted by atomic mass is 9.84. The Bertz CT molecular complexity index is 234. The van der Waals surface area contributed by atoms with Gasteiger partial charge in [0.15, 0.2) is 0 Å². The molecule has 0 aromatic carbocycles. The Balaban J connectivity index is 2.03. The molecule has 0 unspecified atom stereocenters. The average Bonchev–Trinajstić information content (AvgIpc) is 2.21. The van der Waals surface area contributed by atoms with Gasteiger partial charge in [0, 0.05) is 17.8 Å². The Morgan fingerprint density at radius 1 is 1.41 bits per heavy atom. The van der Waals surface area contributed by atoms with E-state index in [4.69, 9.17) is 0 Å². The van der Waals surface area contributed by atoms with E-state index in [0.29, 0.717) is 17.2 Å². The van der Waals surface area contributed by atoms with E-state index < -0.39 is 0 Å². The van der Waals surface area contributed by atoms with Crippen LogP contribution in [0.25, 0.3) is 0 Å². The van der Waals surface area contributed by atoms with Gasteiger partial charge in [-0.1, -0.05) is 20.3 Å². The van der Waals surface area contributed by atoms with E-state index in [1.807, 2.05) is 11.8 Å². The van der Waals surface area contributed by atoms with Crippen molar-refractivity contribution in [1.29, 1.82) is 0 Å². The molecule has 0 saturated heterocycles. The second kappa shape index (κ2) is 7.27. The summed E-state index contributed by atoms with van der Waals surface area (Å²) < 4.78 is 0.415. The average molecular weight is 258 g/mol. The van der Waals surface area contributed by atoms with Crippen molar-refractivity contribution in [3.8, 4) is 0 Å². The first-order valence-electron chi connectivity index (χ1n) is 6.60. The van der Waals surface area contributed by atoms with E-state index in [0.717, 1.165) is 19.5 Å². The lowest BCUT2D eigenvalue weighted by molar-refractivity contribution is -0.120. The van der Waals surface area contributed by atoms with Crippen LogP contribution in [-0.4, -0.2) is 36.5 Å². The third-order valence-corrected chi connectivity index (χ3v) is 4.89. The highest BCUT2D eigenvalue weighted by Crippen LogP contribution is 2.41. The lowest BCUT2D eigenvalue weighted by Crippen LogP contribution is -2.46. The maximum Gasteiger partial charge on any atom is 0.233 e. The van der Waals surface area contributed by atoms with Crippen molar-refractivity contribution in [2.75, 3.05) is 25.9 Å². The van der Waals surface area contributed by atoms with E-state index in [9.17, 15) is 4.79 Å². The first kappa shape index (κ1) is 14.8. The third kappa shape index (κ3) is 5.30. The highest BCUT2D eigenvalue weighted by molar-refractivity contribution is 8.00. The molecule has 4 heteroatoms. The number of carbonyl (C=O) groups is 1. The van der Waals surface area contributed by atoms with Gasteiger partial charge >= 0.3 is 0 Å². The van der Waals surface area contributed by atoms with Crippen LogP contribution in [0.15, 0.2) is 0 Å². The van der Waals surface area contributed by atoms with Crippen LogP contribution >= 0.6 is 11.8 Å². The molecule has 1 rings (SSSR count). The summed E-state index contributed by atoms with van der Waals surface area (Å²) in [5.74, 6) is 0.777. The molecule has 1 amide bonds. The van der Waals surface area contributed by atoms with Crippen molar-refractivity contribution in [3.05, 3.63) is 0 Å². The summed E-state index contributed by atoms with van der Waals surface area (Å²) in [5, 5.41) is 6.23. The zero-order chi connectivity index (χ0) is 12.7. The number of carbonyl (C=O) groups excluding carboxylic acids is 1. The van der Waals surface area contributed by atoms with E-state index in [1.165, 1.54) is 19.3 Å². The molecular formula is C13H26N2OS. The molecule has 100 valence electrons. The summed E-state index contributed by atoms with van der Waals surface area (Å²) in [6, 6.07) is 0. The minimum Gasteiger partial charge on any atom is -0.355 e. The van der Waals surface area contributed by atoms with Crippen LogP contribution in [0.1, 0.15) is 39.5 Å². The normalized spacial score (nSPS) is 17.9. The van der Waals surface area contributed by atoms with Gasteiger partial charge in [-0.25, -0.2) is 0 Å². The monoisotopic (exact) mass is 258 g/mol. The minimum absolute atomic E-state index is 0.126. The van der Waals surface area contributed by atoms with Gasteiger partial charge in [0.2, 0.25) is 5.91 Å². The van der Waals surface area contributed by atoms with Gasteiger partial charge in [0.25, 0.3) is 0 Å². The van der Waals surface area contributed by atoms with Crippen molar-refractivity contribution < 1.29 is 4.79 Å². The smallest absolute Gasteiger partial charge is 0.233 e. The van der Waals surface area contributed by atoms with Crippen molar-refractivity contribution in [3.63, 3.8) is 0 Å². The highest BCUT2D eigenvalue weighted by atomic mass is 32.2. The summed E-state index contributed by atoms with van der Waals surface area (Å²) in [5.41, 5.74) is 0. The minimum atomic E-state index is 0.126. The lowest BCUT2D eigenvalue weighted by Gasteiger charge is -2.40. The van der Waals surface area contributed by atoms with Crippen LogP contribution in [0.4, 0.5) is 0 Å². The summed E-state index contributed by atoms with van der Waals surface area (Å²) in [7, 11) is 0. The SMILES string of the molecule is CSC1(CNCC(=O)NCCC(C)C)CCC1. The fraction of sp³-hybridized carbons (Fsp3) is 0.923. The number of nitrogens with one attached hydrogen (secondary N) is 2. The second-order valence-electron chi connectivity index (χ2n) is 5.38. The van der Waals surface area contributed by atoms with Gasteiger partial charge in [0.1, 0.15) is 0 Å². The predicted molar refractivity (Wildman–Crippen MR) is 75.4 cm³/mol. The molecular weight excluding hydrogens is 232 g/mol. The maximum absolute atomic E-state index is 11.5. The van der Waals surface area contributed by atoms with E-state index >= 15 is 0 Å². The number of hydrogen-bond donors (Lipinski definition) is 2. The van der Waals surface area contributed by atoms with E-state index in [1.54, 1.807) is 0 Å². The summed E-state index contributed by atoms with van der Waals surface area (Å²) in [6.07, 6.45) is 7.14. The first-order valence-corrected chi connectivity index (χ1v) is 7.83. The Kier molecular flexibility index (Phi) is 6.34. The molecule has 0 aliphatic heterocycles. The van der Waals surface area contributed by atoms with E-state index in [-0.39, 0.29) is 5.91 Å². The van der Waals surface area contributed by atoms with Crippen LogP contribution < -0.4 is 10.6 Å². The Morgan fingerprint density at radius 2 is 2.12 bits per heavy atom. The number of amides is 1. The van der Waals surface area contributed by atoms with Crippen molar-refractivity contribution in [1.82, 2.24) is 10.6 Å². The summed E-state index contributed by atoms with van der Waals surface area (Å²) >= 11 is 1.94. The Hall–Kier alpha value is -0.220. The molecule has 1 aliphatic carbocycles. The fourth-order valence-corrected chi connectivity index (χ4v) is 2.93. The molecule has 2 N–H and O–H groups in total. The molecule has 0 heterocycles. The van der Waals surface area contributed by atoms with Crippen LogP contribution in [0.2, 0.25) is 0 Å². The van der Waals surface area contributed by atoms with Crippen LogP contribution in [0, 0.1) is 5.92 Å². The molecule has 3 nitrogen and oxygen atoms in total. The molecule has 17 heavy (non-hydrogen) atoms. The summed E-state index contributed by atoms with van der Waals surface area (Å²) in [6.45, 7) is 6.56. The standard InChI is InChI=1S/C13H26N2OS/c1-11(2)5-8-15-12(16)9-14-10-13(17-3)6-4-7-13/h11,14H,4-10H2,1-3H3,(H,15,16). The van der Waals surface area contributed by atoms with Gasteiger partial charge in [-0.3, -0.25) is 4.79 Å². The maximum atomic E-state index is 11.5. The first-order chi connectivity index (χ1) is 8.08. The molecule has 0 radical (unpaired) electrons. The molecule has 0 atom stereocenters. The molecule has 0 aromatic heterocycles. The van der Waals surface area contributed by atoms with Gasteiger partial charge in [-0.2, -0.15) is 11.8 Å². The van der Waals surface area contributed by atoms with Gasteiger partial charge < -0.3 is 10.6 Å². The summed E-state index contributed by atoms with van der Waals surface area (Å²) in [4.78, 5) is 11.5. The Morgan fingerprint density at radius 3 is 2.59 bits per heavy atom. The number of rotatable bonds is 8. The fourth-order valence-electron chi connectivity index (χ4n) is 1.99. The van der Waals surface area contributed by atoms with Gasteiger partial charge in [0.05, 0.1) is 6.54 Å². The molecule has 1 aliphatic rings. The Labute approximate surface area is 109 Å². The molecule has 0 aromatic rings. The molecule has 1 saturated carbocycles. The third-order valence-electron chi connectivity index (χ3n) is 3.47. The zero-order valence-electron chi connectivity index (χ0n) is 11.3. The topological polar surface area (TPSA) is 41.1 Å². The predicted octanol–water partition coefficient (Wildman–Crippen LogP) is 2.02. The second-order valence-corrected chi connectivity index (χ2v) is 6.65. The van der Waals surface area contributed by atoms with Crippen LogP contribution in [0.5, 0.6) is 0 Å². The quantitative estimate of drug-likeness (QED) is 0.700. The van der Waals surface area contributed by atoms with Gasteiger partial charge in [-0.15, -0.1) is 0 Å². The van der Waals surface area contributed by atoms with Gasteiger partial charge in [-0.05, 0) is 31.4 Å².